The van der Waals surface area contributed by atoms with Crippen LogP contribution in [0.5, 0.6) is 11.5 Å². The number of nitrogen functional groups attached to an aromatic ring is 1. The van der Waals surface area contributed by atoms with Crippen molar-refractivity contribution in [2.24, 2.45) is 0 Å². The molecule has 0 unspecified atom stereocenters. The molecule has 0 saturated heterocycles. The van der Waals surface area contributed by atoms with E-state index in [1.807, 2.05) is 29.6 Å². The van der Waals surface area contributed by atoms with E-state index in [0.29, 0.717) is 27.9 Å². The van der Waals surface area contributed by atoms with Gasteiger partial charge in [0.15, 0.2) is 5.13 Å². The second kappa shape index (κ2) is 7.23. The van der Waals surface area contributed by atoms with Crippen molar-refractivity contribution in [3.63, 3.8) is 0 Å². The monoisotopic (exact) mass is 355 g/mol. The Kier molecular flexibility index (Phi) is 4.85. The molecule has 0 saturated carbocycles. The summed E-state index contributed by atoms with van der Waals surface area (Å²) in [4.78, 5) is 16.9. The molecule has 0 atom stereocenters. The molecule has 6 nitrogen and oxygen atoms in total. The van der Waals surface area contributed by atoms with E-state index in [0.717, 1.165) is 11.3 Å². The molecule has 0 bridgehead atoms. The summed E-state index contributed by atoms with van der Waals surface area (Å²) in [5, 5.41) is 5.19. The molecule has 1 amide bonds. The number of thiazole rings is 1. The summed E-state index contributed by atoms with van der Waals surface area (Å²) in [7, 11) is 3.08. The Hall–Kier alpha value is -3.06. The van der Waals surface area contributed by atoms with Gasteiger partial charge in [0.05, 0.1) is 19.9 Å². The summed E-state index contributed by atoms with van der Waals surface area (Å²) in [5.41, 5.74) is 8.54. The number of rotatable bonds is 5. The lowest BCUT2D eigenvalue weighted by molar-refractivity contribution is 0.102. The molecule has 0 aliphatic heterocycles. The van der Waals surface area contributed by atoms with Gasteiger partial charge in [-0.3, -0.25) is 10.1 Å². The van der Waals surface area contributed by atoms with E-state index >= 15 is 0 Å². The molecule has 3 aromatic rings. The molecule has 0 fully saturated rings. The van der Waals surface area contributed by atoms with E-state index in [1.54, 1.807) is 18.2 Å². The average Bonchev–Trinajstić information content (AvgIpc) is 3.10. The van der Waals surface area contributed by atoms with Crippen LogP contribution in [0.2, 0.25) is 0 Å². The largest absolute Gasteiger partial charge is 0.497 e. The second-order valence-electron chi connectivity index (χ2n) is 5.22. The van der Waals surface area contributed by atoms with E-state index in [4.69, 9.17) is 15.2 Å². The number of carbonyl (C=O) groups excluding carboxylic acids is 1. The van der Waals surface area contributed by atoms with E-state index in [1.165, 1.54) is 25.6 Å². The summed E-state index contributed by atoms with van der Waals surface area (Å²) in [6, 6.07) is 12.4. The Morgan fingerprint density at radius 2 is 1.72 bits per heavy atom. The van der Waals surface area contributed by atoms with Crippen molar-refractivity contribution < 1.29 is 14.3 Å². The molecule has 0 aliphatic carbocycles. The number of methoxy groups -OCH3 is 2. The van der Waals surface area contributed by atoms with Crippen molar-refractivity contribution in [3.8, 4) is 22.8 Å². The van der Waals surface area contributed by atoms with Crippen molar-refractivity contribution in [2.75, 3.05) is 25.3 Å². The van der Waals surface area contributed by atoms with Crippen LogP contribution in [-0.4, -0.2) is 25.1 Å². The van der Waals surface area contributed by atoms with Crippen molar-refractivity contribution in [2.45, 2.75) is 0 Å². The lowest BCUT2D eigenvalue weighted by Gasteiger charge is -2.08. The number of amides is 1. The highest BCUT2D eigenvalue weighted by Crippen LogP contribution is 2.27. The van der Waals surface area contributed by atoms with Gasteiger partial charge < -0.3 is 15.2 Å². The number of ether oxygens (including phenoxy) is 2. The maximum atomic E-state index is 12.5. The third-order valence-electron chi connectivity index (χ3n) is 3.54. The van der Waals surface area contributed by atoms with E-state index < -0.39 is 0 Å². The molecule has 1 heterocycles. The maximum Gasteiger partial charge on any atom is 0.257 e. The molecule has 3 rings (SSSR count). The Morgan fingerprint density at radius 3 is 2.32 bits per heavy atom. The quantitative estimate of drug-likeness (QED) is 0.682. The second-order valence-corrected chi connectivity index (χ2v) is 6.07. The lowest BCUT2D eigenvalue weighted by Crippen LogP contribution is -2.12. The zero-order valence-electron chi connectivity index (χ0n) is 13.8. The molecule has 3 N–H and O–H groups in total. The molecular weight excluding hydrogens is 338 g/mol. The van der Waals surface area contributed by atoms with Crippen LogP contribution >= 0.6 is 11.3 Å². The smallest absolute Gasteiger partial charge is 0.257 e. The maximum absolute atomic E-state index is 12.5. The minimum atomic E-state index is -0.282. The summed E-state index contributed by atoms with van der Waals surface area (Å²) in [6.45, 7) is 0. The van der Waals surface area contributed by atoms with Gasteiger partial charge in [0.25, 0.3) is 5.91 Å². The van der Waals surface area contributed by atoms with Gasteiger partial charge in [-0.05, 0) is 24.3 Å². The average molecular weight is 355 g/mol. The fraction of sp³-hybridized carbons (Fsp3) is 0.111. The molecule has 2 aromatic carbocycles. The van der Waals surface area contributed by atoms with Gasteiger partial charge in [0.2, 0.25) is 0 Å². The van der Waals surface area contributed by atoms with Crippen LogP contribution in [0.1, 0.15) is 10.4 Å². The highest BCUT2D eigenvalue weighted by Gasteiger charge is 2.12. The van der Waals surface area contributed by atoms with Gasteiger partial charge >= 0.3 is 0 Å². The number of anilines is 2. The van der Waals surface area contributed by atoms with Crippen LogP contribution in [-0.2, 0) is 0 Å². The minimum Gasteiger partial charge on any atom is -0.497 e. The first-order valence-electron chi connectivity index (χ1n) is 7.45. The number of aromatic nitrogens is 1. The van der Waals surface area contributed by atoms with Crippen LogP contribution in [0.4, 0.5) is 10.8 Å². The fourth-order valence-electron chi connectivity index (χ4n) is 2.23. The summed E-state index contributed by atoms with van der Waals surface area (Å²) >= 11 is 1.35. The summed E-state index contributed by atoms with van der Waals surface area (Å²) < 4.78 is 10.4. The van der Waals surface area contributed by atoms with Crippen molar-refractivity contribution in [1.82, 2.24) is 4.98 Å². The van der Waals surface area contributed by atoms with Crippen molar-refractivity contribution >= 4 is 28.1 Å². The highest BCUT2D eigenvalue weighted by atomic mass is 32.1. The van der Waals surface area contributed by atoms with E-state index in [2.05, 4.69) is 10.3 Å². The minimum absolute atomic E-state index is 0.282. The zero-order chi connectivity index (χ0) is 17.8. The Bertz CT molecular complexity index is 869. The van der Waals surface area contributed by atoms with Gasteiger partial charge in [-0.1, -0.05) is 12.1 Å². The molecule has 0 spiro atoms. The Labute approximate surface area is 149 Å². The zero-order valence-corrected chi connectivity index (χ0v) is 14.6. The van der Waals surface area contributed by atoms with Crippen LogP contribution in [0.15, 0.2) is 47.8 Å². The Balaban J connectivity index is 1.79. The lowest BCUT2D eigenvalue weighted by atomic mass is 10.1. The number of benzene rings is 2. The number of carbonyl (C=O) groups is 1. The normalized spacial score (nSPS) is 10.3. The number of hydrogen-bond donors (Lipinski definition) is 2. The number of nitrogens with two attached hydrogens (primary N) is 1. The van der Waals surface area contributed by atoms with Crippen LogP contribution in [0.25, 0.3) is 11.3 Å². The first kappa shape index (κ1) is 16.8. The van der Waals surface area contributed by atoms with Crippen LogP contribution in [0.3, 0.4) is 0 Å². The molecule has 1 aromatic heterocycles. The first-order chi connectivity index (χ1) is 12.1. The van der Waals surface area contributed by atoms with E-state index in [-0.39, 0.29) is 5.91 Å². The molecule has 25 heavy (non-hydrogen) atoms. The molecule has 7 heteroatoms. The van der Waals surface area contributed by atoms with Crippen molar-refractivity contribution in [3.05, 3.63) is 53.4 Å². The van der Waals surface area contributed by atoms with Gasteiger partial charge in [0.1, 0.15) is 11.5 Å². The SMILES string of the molecule is COc1cc(OC)cc(C(=O)Nc2nc(-c3ccc(N)cc3)cs2)c1. The standard InChI is InChI=1S/C18H17N3O3S/c1-23-14-7-12(8-15(9-14)24-2)17(22)21-18-20-16(10-25-18)11-3-5-13(19)6-4-11/h3-10H,19H2,1-2H3,(H,20,21,22). The highest BCUT2D eigenvalue weighted by molar-refractivity contribution is 7.14. The van der Waals surface area contributed by atoms with Gasteiger partial charge in [-0.15, -0.1) is 11.3 Å². The predicted octanol–water partition coefficient (Wildman–Crippen LogP) is 3.66. The van der Waals surface area contributed by atoms with Gasteiger partial charge in [0, 0.05) is 28.3 Å². The van der Waals surface area contributed by atoms with Crippen LogP contribution < -0.4 is 20.5 Å². The third kappa shape index (κ3) is 3.89. The molecule has 128 valence electrons. The number of hydrogen-bond acceptors (Lipinski definition) is 6. The van der Waals surface area contributed by atoms with E-state index in [9.17, 15) is 4.79 Å². The summed E-state index contributed by atoms with van der Waals surface area (Å²) in [6.07, 6.45) is 0. The predicted molar refractivity (Wildman–Crippen MR) is 99.5 cm³/mol. The number of nitrogens with zero attached hydrogens (tertiary/aromatic N) is 1. The first-order valence-corrected chi connectivity index (χ1v) is 8.33. The molecular formula is C18H17N3O3S. The van der Waals surface area contributed by atoms with Gasteiger partial charge in [-0.2, -0.15) is 0 Å². The number of nitrogens with one attached hydrogen (secondary N) is 1. The fourth-order valence-corrected chi connectivity index (χ4v) is 2.94. The topological polar surface area (TPSA) is 86.5 Å². The van der Waals surface area contributed by atoms with Crippen molar-refractivity contribution in [1.29, 1.82) is 0 Å². The van der Waals surface area contributed by atoms with Crippen LogP contribution in [0, 0.1) is 0 Å². The third-order valence-corrected chi connectivity index (χ3v) is 4.30. The molecule has 0 aliphatic rings. The summed E-state index contributed by atoms with van der Waals surface area (Å²) in [5.74, 6) is 0.813. The molecule has 0 radical (unpaired) electrons. The van der Waals surface area contributed by atoms with Gasteiger partial charge in [-0.25, -0.2) is 4.98 Å². The Morgan fingerprint density at radius 1 is 1.08 bits per heavy atom.